The summed E-state index contributed by atoms with van der Waals surface area (Å²) in [6.07, 6.45) is 0. The van der Waals surface area contributed by atoms with E-state index in [4.69, 9.17) is 9.26 Å². The third-order valence-electron chi connectivity index (χ3n) is 4.25. The Morgan fingerprint density at radius 3 is 2.70 bits per heavy atom. The van der Waals surface area contributed by atoms with Crippen LogP contribution in [0.25, 0.3) is 11.3 Å². The molecule has 0 bridgehead atoms. The van der Waals surface area contributed by atoms with Gasteiger partial charge in [0.2, 0.25) is 5.91 Å². The molecule has 8 nitrogen and oxygen atoms in total. The molecule has 27 heavy (non-hydrogen) atoms. The quantitative estimate of drug-likeness (QED) is 0.750. The minimum atomic E-state index is -0.447. The molecule has 2 heterocycles. The highest BCUT2D eigenvalue weighted by Gasteiger charge is 2.17. The number of hydrogen-bond acceptors (Lipinski definition) is 6. The fourth-order valence-corrected chi connectivity index (χ4v) is 2.91. The Hall–Kier alpha value is -2.71. The molecule has 1 saturated heterocycles. The topological polar surface area (TPSA) is 96.7 Å². The number of rotatable bonds is 7. The third kappa shape index (κ3) is 5.63. The van der Waals surface area contributed by atoms with Crippen molar-refractivity contribution in [3.8, 4) is 11.3 Å². The zero-order chi connectivity index (χ0) is 19.1. The minimum absolute atomic E-state index is 0.00997. The van der Waals surface area contributed by atoms with Crippen LogP contribution < -0.4 is 10.6 Å². The van der Waals surface area contributed by atoms with Crippen LogP contribution in [-0.4, -0.2) is 67.3 Å². The van der Waals surface area contributed by atoms with E-state index in [1.54, 1.807) is 6.07 Å². The van der Waals surface area contributed by atoms with Gasteiger partial charge in [0.05, 0.1) is 19.8 Å². The molecule has 1 aromatic heterocycles. The van der Waals surface area contributed by atoms with E-state index in [-0.39, 0.29) is 24.2 Å². The van der Waals surface area contributed by atoms with Crippen LogP contribution in [0.15, 0.2) is 40.9 Å². The number of carbonyl (C=O) groups excluding carboxylic acids is 2. The molecule has 144 valence electrons. The van der Waals surface area contributed by atoms with Crippen LogP contribution in [0, 0.1) is 0 Å². The van der Waals surface area contributed by atoms with Crippen LogP contribution in [0.2, 0.25) is 0 Å². The number of nitrogens with one attached hydrogen (secondary N) is 2. The van der Waals surface area contributed by atoms with E-state index in [0.717, 1.165) is 38.4 Å². The molecule has 2 N–H and O–H groups in total. The molecule has 2 aromatic rings. The molecule has 0 saturated carbocycles. The standard InChI is InChI=1S/C19H24N4O4/c1-14(13-23-7-9-26-10-8-23)21-18(24)12-20-19(25)16-11-17(27-22-16)15-5-3-2-4-6-15/h2-6,11,14H,7-10,12-13H2,1H3,(H,20,25)(H,21,24). The van der Waals surface area contributed by atoms with Gasteiger partial charge in [-0.2, -0.15) is 0 Å². The van der Waals surface area contributed by atoms with Gasteiger partial charge in [-0.15, -0.1) is 0 Å². The van der Waals surface area contributed by atoms with Crippen LogP contribution in [0.5, 0.6) is 0 Å². The monoisotopic (exact) mass is 372 g/mol. The van der Waals surface area contributed by atoms with Crippen LogP contribution >= 0.6 is 0 Å². The molecule has 0 aliphatic carbocycles. The zero-order valence-electron chi connectivity index (χ0n) is 15.3. The summed E-state index contributed by atoms with van der Waals surface area (Å²) in [4.78, 5) is 26.4. The van der Waals surface area contributed by atoms with Crippen LogP contribution in [0.4, 0.5) is 0 Å². The van der Waals surface area contributed by atoms with Gasteiger partial charge >= 0.3 is 0 Å². The third-order valence-corrected chi connectivity index (χ3v) is 4.25. The van der Waals surface area contributed by atoms with Gasteiger partial charge in [-0.05, 0) is 6.92 Å². The van der Waals surface area contributed by atoms with Crippen molar-refractivity contribution >= 4 is 11.8 Å². The lowest BCUT2D eigenvalue weighted by Crippen LogP contribution is -2.48. The van der Waals surface area contributed by atoms with Gasteiger partial charge in [0, 0.05) is 37.3 Å². The molecule has 1 aliphatic rings. The maximum absolute atomic E-state index is 12.2. The second kappa shape index (κ2) is 9.29. The summed E-state index contributed by atoms with van der Waals surface area (Å²) in [6, 6.07) is 10.9. The van der Waals surface area contributed by atoms with E-state index in [9.17, 15) is 9.59 Å². The van der Waals surface area contributed by atoms with E-state index in [0.29, 0.717) is 5.76 Å². The average Bonchev–Trinajstić information content (AvgIpc) is 3.18. The van der Waals surface area contributed by atoms with E-state index in [1.165, 1.54) is 0 Å². The Morgan fingerprint density at radius 1 is 1.22 bits per heavy atom. The molecule has 1 atom stereocenters. The molecule has 1 aliphatic heterocycles. The lowest BCUT2D eigenvalue weighted by atomic mass is 10.1. The first-order valence-corrected chi connectivity index (χ1v) is 9.01. The van der Waals surface area contributed by atoms with Crippen molar-refractivity contribution < 1.29 is 18.8 Å². The maximum Gasteiger partial charge on any atom is 0.273 e. The van der Waals surface area contributed by atoms with E-state index < -0.39 is 5.91 Å². The van der Waals surface area contributed by atoms with E-state index in [1.807, 2.05) is 37.3 Å². The van der Waals surface area contributed by atoms with Crippen molar-refractivity contribution in [2.75, 3.05) is 39.4 Å². The molecule has 1 fully saturated rings. The fourth-order valence-electron chi connectivity index (χ4n) is 2.91. The Morgan fingerprint density at radius 2 is 1.96 bits per heavy atom. The molecular weight excluding hydrogens is 348 g/mol. The number of benzene rings is 1. The van der Waals surface area contributed by atoms with Crippen molar-refractivity contribution in [2.45, 2.75) is 13.0 Å². The number of ether oxygens (including phenoxy) is 1. The Labute approximate surface area is 157 Å². The molecule has 1 aromatic carbocycles. The van der Waals surface area contributed by atoms with Gasteiger partial charge in [0.1, 0.15) is 0 Å². The summed E-state index contributed by atoms with van der Waals surface area (Å²) in [5.74, 6) is -0.183. The highest BCUT2D eigenvalue weighted by molar-refractivity contribution is 5.95. The summed E-state index contributed by atoms with van der Waals surface area (Å²) in [5, 5.41) is 9.22. The van der Waals surface area contributed by atoms with Crippen LogP contribution in [-0.2, 0) is 9.53 Å². The summed E-state index contributed by atoms with van der Waals surface area (Å²) < 4.78 is 10.5. The number of nitrogens with zero attached hydrogens (tertiary/aromatic N) is 2. The molecule has 3 rings (SSSR count). The SMILES string of the molecule is CC(CN1CCOCC1)NC(=O)CNC(=O)c1cc(-c2ccccc2)on1. The first kappa shape index (κ1) is 19.1. The molecule has 8 heteroatoms. The smallest absolute Gasteiger partial charge is 0.273 e. The highest BCUT2D eigenvalue weighted by atomic mass is 16.5. The van der Waals surface area contributed by atoms with Crippen molar-refractivity contribution in [3.63, 3.8) is 0 Å². The number of amides is 2. The normalized spacial score (nSPS) is 15.9. The van der Waals surface area contributed by atoms with Crippen molar-refractivity contribution in [2.24, 2.45) is 0 Å². The number of carbonyl (C=O) groups is 2. The zero-order valence-corrected chi connectivity index (χ0v) is 15.3. The summed E-state index contributed by atoms with van der Waals surface area (Å²) in [7, 11) is 0. The summed E-state index contributed by atoms with van der Waals surface area (Å²) in [5.41, 5.74) is 0.974. The van der Waals surface area contributed by atoms with E-state index >= 15 is 0 Å². The predicted octanol–water partition coefficient (Wildman–Crippen LogP) is 0.908. The first-order chi connectivity index (χ1) is 13.1. The second-order valence-corrected chi connectivity index (χ2v) is 6.51. The molecule has 1 unspecified atom stereocenters. The second-order valence-electron chi connectivity index (χ2n) is 6.51. The maximum atomic E-state index is 12.2. The van der Waals surface area contributed by atoms with Gasteiger partial charge in [0.25, 0.3) is 5.91 Å². The van der Waals surface area contributed by atoms with Crippen molar-refractivity contribution in [1.29, 1.82) is 0 Å². The Bertz CT molecular complexity index is 756. The van der Waals surface area contributed by atoms with E-state index in [2.05, 4.69) is 20.7 Å². The number of morpholine rings is 1. The largest absolute Gasteiger partial charge is 0.379 e. The lowest BCUT2D eigenvalue weighted by Gasteiger charge is -2.29. The Kier molecular flexibility index (Phi) is 6.56. The molecule has 0 radical (unpaired) electrons. The van der Waals surface area contributed by atoms with Gasteiger partial charge in [0.15, 0.2) is 11.5 Å². The predicted molar refractivity (Wildman–Crippen MR) is 99.1 cm³/mol. The van der Waals surface area contributed by atoms with Crippen LogP contribution in [0.1, 0.15) is 17.4 Å². The lowest BCUT2D eigenvalue weighted by molar-refractivity contribution is -0.120. The number of hydrogen-bond donors (Lipinski definition) is 2. The van der Waals surface area contributed by atoms with Gasteiger partial charge in [-0.3, -0.25) is 14.5 Å². The number of aromatic nitrogens is 1. The van der Waals surface area contributed by atoms with Gasteiger partial charge in [-0.1, -0.05) is 35.5 Å². The Balaban J connectivity index is 1.43. The summed E-state index contributed by atoms with van der Waals surface area (Å²) >= 11 is 0. The van der Waals surface area contributed by atoms with Crippen LogP contribution in [0.3, 0.4) is 0 Å². The first-order valence-electron chi connectivity index (χ1n) is 9.01. The fraction of sp³-hybridized carbons (Fsp3) is 0.421. The molecule has 0 spiro atoms. The van der Waals surface area contributed by atoms with Crippen molar-refractivity contribution in [1.82, 2.24) is 20.7 Å². The van der Waals surface area contributed by atoms with Crippen molar-refractivity contribution in [3.05, 3.63) is 42.1 Å². The molecule has 2 amide bonds. The molecular formula is C19H24N4O4. The average molecular weight is 372 g/mol. The van der Waals surface area contributed by atoms with Gasteiger partial charge in [-0.25, -0.2) is 0 Å². The van der Waals surface area contributed by atoms with Gasteiger partial charge < -0.3 is 19.9 Å². The highest BCUT2D eigenvalue weighted by Crippen LogP contribution is 2.19. The summed E-state index contributed by atoms with van der Waals surface area (Å²) in [6.45, 7) is 5.77. The minimum Gasteiger partial charge on any atom is -0.379 e.